The van der Waals surface area contributed by atoms with Crippen molar-refractivity contribution >= 4 is 11.0 Å². The molecule has 1 aliphatic rings. The van der Waals surface area contributed by atoms with Crippen LogP contribution in [-0.4, -0.2) is 21.2 Å². The first-order valence-electron chi connectivity index (χ1n) is 6.07. The van der Waals surface area contributed by atoms with Gasteiger partial charge in [-0.25, -0.2) is 4.98 Å². The van der Waals surface area contributed by atoms with Crippen molar-refractivity contribution in [3.8, 4) is 0 Å². The van der Waals surface area contributed by atoms with E-state index in [1.54, 1.807) is 0 Å². The van der Waals surface area contributed by atoms with Gasteiger partial charge in [-0.3, -0.25) is 0 Å². The Kier molecular flexibility index (Phi) is 2.42. The topological polar surface area (TPSA) is 64.1 Å². The maximum Gasteiger partial charge on any atom is 0.140 e. The summed E-state index contributed by atoms with van der Waals surface area (Å²) in [6.45, 7) is 2.27. The average molecular weight is 231 g/mol. The molecule has 2 aromatic rings. The van der Waals surface area contributed by atoms with Gasteiger partial charge < -0.3 is 15.4 Å². The number of hydrogen-bond donors (Lipinski definition) is 2. The van der Waals surface area contributed by atoms with Gasteiger partial charge in [-0.05, 0) is 37.5 Å². The average Bonchev–Trinajstić information content (AvgIpc) is 3.09. The number of aryl methyl sites for hydroxylation is 1. The molecule has 1 unspecified atom stereocenters. The Balaban J connectivity index is 2.22. The molecule has 4 heteroatoms. The lowest BCUT2D eigenvalue weighted by atomic mass is 10.2. The third-order valence-corrected chi connectivity index (χ3v) is 3.31. The predicted octanol–water partition coefficient (Wildman–Crippen LogP) is 1.67. The lowest BCUT2D eigenvalue weighted by Gasteiger charge is -2.11. The zero-order valence-electron chi connectivity index (χ0n) is 9.93. The number of benzene rings is 1. The Morgan fingerprint density at radius 1 is 1.53 bits per heavy atom. The predicted molar refractivity (Wildman–Crippen MR) is 66.8 cm³/mol. The maximum atomic E-state index is 9.95. The number of aromatic nitrogens is 2. The molecule has 0 amide bonds. The molecule has 3 N–H and O–H groups in total. The van der Waals surface area contributed by atoms with E-state index >= 15 is 0 Å². The first-order chi connectivity index (χ1) is 8.20. The van der Waals surface area contributed by atoms with Crippen LogP contribution in [0.5, 0.6) is 0 Å². The summed E-state index contributed by atoms with van der Waals surface area (Å²) in [4.78, 5) is 4.54. The number of rotatable bonds is 3. The second-order valence-electron chi connectivity index (χ2n) is 4.81. The van der Waals surface area contributed by atoms with Crippen molar-refractivity contribution in [2.75, 3.05) is 6.54 Å². The zero-order chi connectivity index (χ0) is 12.0. The summed E-state index contributed by atoms with van der Waals surface area (Å²) < 4.78 is 2.16. The van der Waals surface area contributed by atoms with Crippen LogP contribution in [-0.2, 0) is 0 Å². The van der Waals surface area contributed by atoms with Crippen LogP contribution in [0.25, 0.3) is 11.0 Å². The fourth-order valence-electron chi connectivity index (χ4n) is 2.28. The molecule has 17 heavy (non-hydrogen) atoms. The smallest absolute Gasteiger partial charge is 0.140 e. The standard InChI is InChI=1S/C13H17N3O/c1-8-2-5-11-10(6-8)15-13(12(17)7-14)16(11)9-3-4-9/h2,5-6,9,12,17H,3-4,7,14H2,1H3. The number of aliphatic hydroxyl groups excluding tert-OH is 1. The fraction of sp³-hybridized carbons (Fsp3) is 0.462. The molecule has 1 saturated carbocycles. The quantitative estimate of drug-likeness (QED) is 0.844. The summed E-state index contributed by atoms with van der Waals surface area (Å²) in [5.74, 6) is 0.718. The number of nitrogens with two attached hydrogens (primary N) is 1. The minimum atomic E-state index is -0.664. The van der Waals surface area contributed by atoms with Gasteiger partial charge in [0.2, 0.25) is 0 Å². The van der Waals surface area contributed by atoms with E-state index in [-0.39, 0.29) is 6.54 Å². The molecule has 1 aliphatic carbocycles. The van der Waals surface area contributed by atoms with Gasteiger partial charge in [-0.1, -0.05) is 6.07 Å². The Labute approximate surface area is 100 Å². The van der Waals surface area contributed by atoms with E-state index in [4.69, 9.17) is 5.73 Å². The Morgan fingerprint density at radius 3 is 2.94 bits per heavy atom. The monoisotopic (exact) mass is 231 g/mol. The first-order valence-corrected chi connectivity index (χ1v) is 6.07. The van der Waals surface area contributed by atoms with Gasteiger partial charge in [0, 0.05) is 12.6 Å². The van der Waals surface area contributed by atoms with E-state index < -0.39 is 6.10 Å². The van der Waals surface area contributed by atoms with E-state index in [0.717, 1.165) is 16.9 Å². The molecule has 3 rings (SSSR count). The minimum Gasteiger partial charge on any atom is -0.384 e. The van der Waals surface area contributed by atoms with Crippen molar-refractivity contribution in [1.82, 2.24) is 9.55 Å². The summed E-state index contributed by atoms with van der Waals surface area (Å²) in [7, 11) is 0. The number of hydrogen-bond acceptors (Lipinski definition) is 3. The molecule has 1 fully saturated rings. The van der Waals surface area contributed by atoms with Crippen LogP contribution in [0, 0.1) is 6.92 Å². The Bertz CT molecular complexity index is 557. The number of fused-ring (bicyclic) bond motifs is 1. The van der Waals surface area contributed by atoms with Crippen LogP contribution in [0.3, 0.4) is 0 Å². The van der Waals surface area contributed by atoms with Crippen molar-refractivity contribution in [2.24, 2.45) is 5.73 Å². The molecule has 0 aliphatic heterocycles. The van der Waals surface area contributed by atoms with Crippen LogP contribution >= 0.6 is 0 Å². The maximum absolute atomic E-state index is 9.95. The molecular weight excluding hydrogens is 214 g/mol. The first kappa shape index (κ1) is 10.7. The van der Waals surface area contributed by atoms with Crippen LogP contribution in [0.1, 0.15) is 36.4 Å². The van der Waals surface area contributed by atoms with Crippen LogP contribution in [0.2, 0.25) is 0 Å². The third-order valence-electron chi connectivity index (χ3n) is 3.31. The van der Waals surface area contributed by atoms with E-state index in [1.807, 2.05) is 0 Å². The van der Waals surface area contributed by atoms with Crippen LogP contribution < -0.4 is 5.73 Å². The number of nitrogens with zero attached hydrogens (tertiary/aromatic N) is 2. The molecule has 0 radical (unpaired) electrons. The summed E-state index contributed by atoms with van der Waals surface area (Å²) >= 11 is 0. The van der Waals surface area contributed by atoms with Gasteiger partial charge in [-0.15, -0.1) is 0 Å². The van der Waals surface area contributed by atoms with E-state index in [1.165, 1.54) is 18.4 Å². The zero-order valence-corrected chi connectivity index (χ0v) is 9.93. The number of aliphatic hydroxyl groups is 1. The highest BCUT2D eigenvalue weighted by Gasteiger charge is 2.30. The molecule has 0 saturated heterocycles. The minimum absolute atomic E-state index is 0.217. The second-order valence-corrected chi connectivity index (χ2v) is 4.81. The van der Waals surface area contributed by atoms with Crippen molar-refractivity contribution < 1.29 is 5.11 Å². The molecule has 1 aromatic heterocycles. The Morgan fingerprint density at radius 2 is 2.29 bits per heavy atom. The van der Waals surface area contributed by atoms with Crippen molar-refractivity contribution in [3.63, 3.8) is 0 Å². The summed E-state index contributed by atoms with van der Waals surface area (Å²) in [5.41, 5.74) is 8.80. The van der Waals surface area contributed by atoms with E-state index in [0.29, 0.717) is 6.04 Å². The van der Waals surface area contributed by atoms with Crippen LogP contribution in [0.4, 0.5) is 0 Å². The van der Waals surface area contributed by atoms with Gasteiger partial charge in [0.1, 0.15) is 11.9 Å². The molecule has 0 spiro atoms. The molecule has 90 valence electrons. The van der Waals surface area contributed by atoms with Crippen molar-refractivity contribution in [3.05, 3.63) is 29.6 Å². The van der Waals surface area contributed by atoms with E-state index in [9.17, 15) is 5.11 Å². The summed E-state index contributed by atoms with van der Waals surface area (Å²) in [6, 6.07) is 6.73. The van der Waals surface area contributed by atoms with Gasteiger partial charge in [0.15, 0.2) is 0 Å². The van der Waals surface area contributed by atoms with Crippen molar-refractivity contribution in [2.45, 2.75) is 31.9 Å². The van der Waals surface area contributed by atoms with Gasteiger partial charge >= 0.3 is 0 Å². The summed E-state index contributed by atoms with van der Waals surface area (Å²) in [5, 5.41) is 9.95. The lowest BCUT2D eigenvalue weighted by molar-refractivity contribution is 0.172. The van der Waals surface area contributed by atoms with Gasteiger partial charge in [-0.2, -0.15) is 0 Å². The fourth-order valence-corrected chi connectivity index (χ4v) is 2.28. The molecular formula is C13H17N3O. The Hall–Kier alpha value is -1.39. The second kappa shape index (κ2) is 3.82. The lowest BCUT2D eigenvalue weighted by Crippen LogP contribution is -2.16. The highest BCUT2D eigenvalue weighted by atomic mass is 16.3. The third kappa shape index (κ3) is 1.73. The summed E-state index contributed by atoms with van der Waals surface area (Å²) in [6.07, 6.45) is 1.68. The van der Waals surface area contributed by atoms with E-state index in [2.05, 4.69) is 34.7 Å². The van der Waals surface area contributed by atoms with Gasteiger partial charge in [0.25, 0.3) is 0 Å². The normalized spacial score (nSPS) is 17.6. The SMILES string of the molecule is Cc1ccc2c(c1)nc(C(O)CN)n2C1CC1. The highest BCUT2D eigenvalue weighted by Crippen LogP contribution is 2.39. The highest BCUT2D eigenvalue weighted by molar-refractivity contribution is 5.77. The molecule has 1 atom stereocenters. The van der Waals surface area contributed by atoms with Crippen molar-refractivity contribution in [1.29, 1.82) is 0 Å². The van der Waals surface area contributed by atoms with Crippen LogP contribution in [0.15, 0.2) is 18.2 Å². The van der Waals surface area contributed by atoms with Gasteiger partial charge in [0.05, 0.1) is 11.0 Å². The number of imidazole rings is 1. The molecule has 1 heterocycles. The largest absolute Gasteiger partial charge is 0.384 e. The molecule has 0 bridgehead atoms. The molecule has 4 nitrogen and oxygen atoms in total. The molecule has 1 aromatic carbocycles.